The van der Waals surface area contributed by atoms with Gasteiger partial charge in [0.2, 0.25) is 11.8 Å². The standard InChI is InChI=1S/C24H49N3O2/c1-4-5-6-7-8-9-10-11-12-13-14-15-16-17-18-19-23(28)25-22-26-24(29)20-21-27(2)3/h4-22H2,1-3H3,(H,25,28)(H,26,29). The van der Waals surface area contributed by atoms with Crippen LogP contribution in [0.5, 0.6) is 0 Å². The van der Waals surface area contributed by atoms with E-state index in [0.717, 1.165) is 19.4 Å². The molecule has 0 rings (SSSR count). The highest BCUT2D eigenvalue weighted by Crippen LogP contribution is 2.13. The van der Waals surface area contributed by atoms with E-state index in [-0.39, 0.29) is 18.5 Å². The lowest BCUT2D eigenvalue weighted by atomic mass is 10.0. The lowest BCUT2D eigenvalue weighted by molar-refractivity contribution is -0.123. The smallest absolute Gasteiger partial charge is 0.222 e. The lowest BCUT2D eigenvalue weighted by Gasteiger charge is -2.10. The molecular weight excluding hydrogens is 362 g/mol. The maximum absolute atomic E-state index is 11.8. The van der Waals surface area contributed by atoms with Crippen LogP contribution in [0.15, 0.2) is 0 Å². The van der Waals surface area contributed by atoms with Gasteiger partial charge in [-0.25, -0.2) is 0 Å². The van der Waals surface area contributed by atoms with Crippen LogP contribution in [-0.2, 0) is 9.59 Å². The van der Waals surface area contributed by atoms with Crippen molar-refractivity contribution in [3.8, 4) is 0 Å². The van der Waals surface area contributed by atoms with Crippen molar-refractivity contribution >= 4 is 11.8 Å². The van der Waals surface area contributed by atoms with Gasteiger partial charge in [0.05, 0.1) is 6.67 Å². The number of unbranched alkanes of at least 4 members (excludes halogenated alkanes) is 14. The molecule has 0 saturated carbocycles. The summed E-state index contributed by atoms with van der Waals surface area (Å²) in [7, 11) is 3.87. The number of rotatable bonds is 21. The molecule has 0 aliphatic rings. The highest BCUT2D eigenvalue weighted by atomic mass is 16.2. The molecule has 0 aromatic heterocycles. The maximum atomic E-state index is 11.8. The number of nitrogens with zero attached hydrogens (tertiary/aromatic N) is 1. The van der Waals surface area contributed by atoms with Crippen molar-refractivity contribution in [2.24, 2.45) is 0 Å². The molecule has 0 spiro atoms. The molecule has 0 aliphatic carbocycles. The van der Waals surface area contributed by atoms with Crippen LogP contribution in [0.4, 0.5) is 0 Å². The monoisotopic (exact) mass is 411 g/mol. The minimum atomic E-state index is -0.0222. The molecule has 0 aromatic carbocycles. The van der Waals surface area contributed by atoms with E-state index in [0.29, 0.717) is 12.8 Å². The van der Waals surface area contributed by atoms with E-state index in [2.05, 4.69) is 17.6 Å². The second-order valence-electron chi connectivity index (χ2n) is 8.63. The Hall–Kier alpha value is -1.10. The molecule has 0 aromatic rings. The second-order valence-corrected chi connectivity index (χ2v) is 8.63. The number of nitrogens with one attached hydrogen (secondary N) is 2. The SMILES string of the molecule is CCCCCCCCCCCCCCCCCC(=O)NCNC(=O)CCN(C)C. The van der Waals surface area contributed by atoms with Gasteiger partial charge >= 0.3 is 0 Å². The van der Waals surface area contributed by atoms with Crippen LogP contribution in [0.1, 0.15) is 116 Å². The van der Waals surface area contributed by atoms with Gasteiger partial charge in [-0.3, -0.25) is 9.59 Å². The van der Waals surface area contributed by atoms with Gasteiger partial charge < -0.3 is 15.5 Å². The van der Waals surface area contributed by atoms with Gasteiger partial charge in [0, 0.05) is 19.4 Å². The van der Waals surface area contributed by atoms with E-state index in [4.69, 9.17) is 0 Å². The van der Waals surface area contributed by atoms with Crippen molar-refractivity contribution in [2.45, 2.75) is 116 Å². The molecule has 2 N–H and O–H groups in total. The van der Waals surface area contributed by atoms with Gasteiger partial charge in [0.1, 0.15) is 0 Å². The highest BCUT2D eigenvalue weighted by molar-refractivity contribution is 5.78. The van der Waals surface area contributed by atoms with Gasteiger partial charge in [-0.15, -0.1) is 0 Å². The van der Waals surface area contributed by atoms with Gasteiger partial charge in [-0.1, -0.05) is 96.8 Å². The molecule has 0 atom stereocenters. The third-order valence-electron chi connectivity index (χ3n) is 5.36. The summed E-state index contributed by atoms with van der Waals surface area (Å²) in [5, 5.41) is 5.49. The summed E-state index contributed by atoms with van der Waals surface area (Å²) in [4.78, 5) is 25.3. The largest absolute Gasteiger partial charge is 0.339 e. The van der Waals surface area contributed by atoms with Gasteiger partial charge in [0.25, 0.3) is 0 Å². The first-order valence-corrected chi connectivity index (χ1v) is 12.2. The zero-order valence-electron chi connectivity index (χ0n) is 19.7. The highest BCUT2D eigenvalue weighted by Gasteiger charge is 2.04. The van der Waals surface area contributed by atoms with Crippen LogP contribution in [-0.4, -0.2) is 44.0 Å². The molecule has 5 nitrogen and oxygen atoms in total. The third-order valence-corrected chi connectivity index (χ3v) is 5.36. The minimum absolute atomic E-state index is 0.0222. The van der Waals surface area contributed by atoms with Crippen LogP contribution >= 0.6 is 0 Å². The molecule has 0 heterocycles. The molecule has 0 radical (unpaired) electrons. The van der Waals surface area contributed by atoms with Crippen LogP contribution < -0.4 is 10.6 Å². The van der Waals surface area contributed by atoms with E-state index >= 15 is 0 Å². The first-order valence-electron chi connectivity index (χ1n) is 12.2. The van der Waals surface area contributed by atoms with E-state index in [1.165, 1.54) is 83.5 Å². The fraction of sp³-hybridized carbons (Fsp3) is 0.917. The van der Waals surface area contributed by atoms with Gasteiger partial charge in [-0.05, 0) is 20.5 Å². The summed E-state index contributed by atoms with van der Waals surface area (Å²) in [5.41, 5.74) is 0. The molecule has 0 fully saturated rings. The molecular formula is C24H49N3O2. The Morgan fingerprint density at radius 2 is 0.966 bits per heavy atom. The van der Waals surface area contributed by atoms with Crippen LogP contribution in [0, 0.1) is 0 Å². The molecule has 2 amide bonds. The van der Waals surface area contributed by atoms with Crippen molar-refractivity contribution in [3.63, 3.8) is 0 Å². The van der Waals surface area contributed by atoms with Crippen LogP contribution in [0.3, 0.4) is 0 Å². The molecule has 5 heteroatoms. The zero-order chi connectivity index (χ0) is 21.6. The predicted molar refractivity (Wildman–Crippen MR) is 124 cm³/mol. The van der Waals surface area contributed by atoms with Crippen molar-refractivity contribution in [3.05, 3.63) is 0 Å². The molecule has 0 aliphatic heterocycles. The number of amides is 2. The minimum Gasteiger partial charge on any atom is -0.339 e. The number of carbonyl (C=O) groups excluding carboxylic acids is 2. The molecule has 172 valence electrons. The predicted octanol–water partition coefficient (Wildman–Crippen LogP) is 5.39. The lowest BCUT2D eigenvalue weighted by Crippen LogP contribution is -2.38. The normalized spacial score (nSPS) is 11.0. The van der Waals surface area contributed by atoms with Gasteiger partial charge in [0.15, 0.2) is 0 Å². The Kier molecular flexibility index (Phi) is 20.8. The third kappa shape index (κ3) is 23.0. The average Bonchev–Trinajstić information content (AvgIpc) is 2.69. The summed E-state index contributed by atoms with van der Waals surface area (Å²) in [6.45, 7) is 3.23. The Bertz CT molecular complexity index is 386. The zero-order valence-corrected chi connectivity index (χ0v) is 19.7. The van der Waals surface area contributed by atoms with Crippen molar-refractivity contribution < 1.29 is 9.59 Å². The summed E-state index contributed by atoms with van der Waals surface area (Å²) in [5.74, 6) is 0.0126. The quantitative estimate of drug-likeness (QED) is 0.197. The second kappa shape index (κ2) is 21.6. The van der Waals surface area contributed by atoms with Crippen molar-refractivity contribution in [2.75, 3.05) is 27.3 Å². The fourth-order valence-corrected chi connectivity index (χ4v) is 3.40. The number of hydrogen-bond acceptors (Lipinski definition) is 3. The van der Waals surface area contributed by atoms with Crippen molar-refractivity contribution in [1.29, 1.82) is 0 Å². The van der Waals surface area contributed by atoms with Crippen LogP contribution in [0.2, 0.25) is 0 Å². The summed E-state index contributed by atoms with van der Waals surface area (Å²) in [6.07, 6.45) is 21.0. The summed E-state index contributed by atoms with van der Waals surface area (Å²) in [6, 6.07) is 0. The fourth-order valence-electron chi connectivity index (χ4n) is 3.40. The topological polar surface area (TPSA) is 61.4 Å². The Labute approximate surface area is 180 Å². The van der Waals surface area contributed by atoms with E-state index in [1.54, 1.807) is 0 Å². The number of hydrogen-bond donors (Lipinski definition) is 2. The molecule has 0 unspecified atom stereocenters. The Morgan fingerprint density at radius 3 is 1.38 bits per heavy atom. The van der Waals surface area contributed by atoms with E-state index in [9.17, 15) is 9.59 Å². The first-order chi connectivity index (χ1) is 14.1. The van der Waals surface area contributed by atoms with Gasteiger partial charge in [-0.2, -0.15) is 0 Å². The van der Waals surface area contributed by atoms with E-state index in [1.807, 2.05) is 19.0 Å². The first kappa shape index (κ1) is 27.9. The summed E-state index contributed by atoms with van der Waals surface area (Å²) >= 11 is 0. The van der Waals surface area contributed by atoms with E-state index < -0.39 is 0 Å². The van der Waals surface area contributed by atoms with Crippen LogP contribution in [0.25, 0.3) is 0 Å². The molecule has 29 heavy (non-hydrogen) atoms. The van der Waals surface area contributed by atoms with Crippen molar-refractivity contribution in [1.82, 2.24) is 15.5 Å². The Morgan fingerprint density at radius 1 is 0.586 bits per heavy atom. The maximum Gasteiger partial charge on any atom is 0.222 e. The summed E-state index contributed by atoms with van der Waals surface area (Å²) < 4.78 is 0. The number of carbonyl (C=O) groups is 2. The molecule has 0 bridgehead atoms. The Balaban J connectivity index is 3.24. The molecule has 0 saturated heterocycles. The average molecular weight is 412 g/mol.